The van der Waals surface area contributed by atoms with Crippen molar-refractivity contribution in [1.29, 1.82) is 0 Å². The Balaban J connectivity index is 2.36. The van der Waals surface area contributed by atoms with E-state index < -0.39 is 0 Å². The Morgan fingerprint density at radius 3 is 2.57 bits per heavy atom. The number of thiophene rings is 1. The van der Waals surface area contributed by atoms with Gasteiger partial charge in [-0.25, -0.2) is 9.97 Å². The molecule has 4 heteroatoms. The van der Waals surface area contributed by atoms with Gasteiger partial charge in [-0.15, -0.1) is 11.3 Å². The molecule has 21 heavy (non-hydrogen) atoms. The molecule has 0 aliphatic heterocycles. The number of nitrogens with zero attached hydrogens (tertiary/aromatic N) is 2. The topological polar surface area (TPSA) is 37.8 Å². The van der Waals surface area contributed by atoms with E-state index in [4.69, 9.17) is 0 Å². The zero-order valence-electron chi connectivity index (χ0n) is 14.1. The normalized spacial score (nSPS) is 13.8. The van der Waals surface area contributed by atoms with Gasteiger partial charge in [-0.2, -0.15) is 0 Å². The third-order valence-corrected chi connectivity index (χ3v) is 5.24. The maximum absolute atomic E-state index is 4.60. The Morgan fingerprint density at radius 2 is 1.95 bits per heavy atom. The average molecular weight is 305 g/mol. The van der Waals surface area contributed by atoms with Crippen LogP contribution in [0.2, 0.25) is 0 Å². The highest BCUT2D eigenvalue weighted by molar-refractivity contribution is 7.18. The summed E-state index contributed by atoms with van der Waals surface area (Å²) in [4.78, 5) is 11.5. The van der Waals surface area contributed by atoms with E-state index in [9.17, 15) is 0 Å². The van der Waals surface area contributed by atoms with Gasteiger partial charge in [0.15, 0.2) is 0 Å². The third-order valence-electron chi connectivity index (χ3n) is 4.13. The summed E-state index contributed by atoms with van der Waals surface area (Å²) in [7, 11) is 0. The second kappa shape index (κ2) is 6.41. The minimum absolute atomic E-state index is 0.214. The quantitative estimate of drug-likeness (QED) is 0.896. The summed E-state index contributed by atoms with van der Waals surface area (Å²) in [6.07, 6.45) is 3.83. The summed E-state index contributed by atoms with van der Waals surface area (Å²) >= 11 is 1.77. The van der Waals surface area contributed by atoms with E-state index in [1.807, 2.05) is 0 Å². The van der Waals surface area contributed by atoms with Crippen molar-refractivity contribution in [2.45, 2.75) is 60.4 Å². The summed E-state index contributed by atoms with van der Waals surface area (Å²) in [6, 6.07) is 0.426. The first-order valence-corrected chi connectivity index (χ1v) is 8.59. The van der Waals surface area contributed by atoms with Crippen LogP contribution < -0.4 is 5.32 Å². The molecule has 0 radical (unpaired) electrons. The van der Waals surface area contributed by atoms with Gasteiger partial charge < -0.3 is 5.32 Å². The number of nitrogens with one attached hydrogen (secondary N) is 1. The molecule has 0 aliphatic carbocycles. The van der Waals surface area contributed by atoms with E-state index >= 15 is 0 Å². The lowest BCUT2D eigenvalue weighted by molar-refractivity contribution is 0.266. The monoisotopic (exact) mass is 305 g/mol. The van der Waals surface area contributed by atoms with Crippen LogP contribution in [-0.4, -0.2) is 22.6 Å². The minimum Gasteiger partial charge on any atom is -0.313 e. The van der Waals surface area contributed by atoms with Gasteiger partial charge in [0.1, 0.15) is 11.2 Å². The van der Waals surface area contributed by atoms with E-state index in [2.05, 4.69) is 56.8 Å². The lowest BCUT2D eigenvalue weighted by Gasteiger charge is -2.31. The molecule has 1 atom stereocenters. The first kappa shape index (κ1) is 16.4. The van der Waals surface area contributed by atoms with Crippen LogP contribution in [0.15, 0.2) is 6.33 Å². The Kier molecular flexibility index (Phi) is 4.99. The van der Waals surface area contributed by atoms with Crippen molar-refractivity contribution in [1.82, 2.24) is 15.3 Å². The number of fused-ring (bicyclic) bond motifs is 1. The SMILES string of the molecule is CCCNC(Cc1ncnc2sc(C)c(C)c12)C(C)(C)C. The van der Waals surface area contributed by atoms with Crippen molar-refractivity contribution >= 4 is 21.6 Å². The molecule has 0 amide bonds. The number of aromatic nitrogens is 2. The maximum atomic E-state index is 4.60. The molecule has 2 heterocycles. The van der Waals surface area contributed by atoms with Crippen LogP contribution in [-0.2, 0) is 6.42 Å². The van der Waals surface area contributed by atoms with Gasteiger partial charge in [0.05, 0.1) is 5.69 Å². The van der Waals surface area contributed by atoms with E-state index in [-0.39, 0.29) is 5.41 Å². The molecule has 116 valence electrons. The molecule has 0 fully saturated rings. The van der Waals surface area contributed by atoms with E-state index in [1.165, 1.54) is 21.5 Å². The fourth-order valence-corrected chi connectivity index (χ4v) is 3.62. The largest absolute Gasteiger partial charge is 0.313 e. The molecule has 0 spiro atoms. The van der Waals surface area contributed by atoms with Gasteiger partial charge in [-0.3, -0.25) is 0 Å². The Labute approximate surface area is 132 Å². The highest BCUT2D eigenvalue weighted by atomic mass is 32.1. The van der Waals surface area contributed by atoms with Gasteiger partial charge in [0.2, 0.25) is 0 Å². The summed E-state index contributed by atoms with van der Waals surface area (Å²) in [6.45, 7) is 14.5. The first-order valence-electron chi connectivity index (χ1n) is 7.77. The molecule has 0 aliphatic rings. The number of hydrogen-bond donors (Lipinski definition) is 1. The van der Waals surface area contributed by atoms with Crippen molar-refractivity contribution in [3.05, 3.63) is 22.5 Å². The van der Waals surface area contributed by atoms with Gasteiger partial charge in [-0.05, 0) is 37.8 Å². The van der Waals surface area contributed by atoms with E-state index in [1.54, 1.807) is 17.7 Å². The zero-order valence-corrected chi connectivity index (χ0v) is 14.9. The molecule has 1 unspecified atom stereocenters. The Bertz CT molecular complexity index is 610. The molecule has 1 N–H and O–H groups in total. The van der Waals surface area contributed by atoms with Crippen LogP contribution >= 0.6 is 11.3 Å². The lowest BCUT2D eigenvalue weighted by Crippen LogP contribution is -2.42. The molecule has 0 saturated heterocycles. The summed E-state index contributed by atoms with van der Waals surface area (Å²) in [5.74, 6) is 0. The number of aryl methyl sites for hydroxylation is 2. The van der Waals surface area contributed by atoms with Gasteiger partial charge >= 0.3 is 0 Å². The highest BCUT2D eigenvalue weighted by Crippen LogP contribution is 2.32. The molecule has 0 saturated carbocycles. The molecular weight excluding hydrogens is 278 g/mol. The molecule has 3 nitrogen and oxygen atoms in total. The van der Waals surface area contributed by atoms with Crippen molar-refractivity contribution < 1.29 is 0 Å². The van der Waals surface area contributed by atoms with Crippen LogP contribution in [0, 0.1) is 19.3 Å². The fourth-order valence-electron chi connectivity index (χ4n) is 2.61. The van der Waals surface area contributed by atoms with Crippen LogP contribution in [0.1, 0.15) is 50.3 Å². The molecule has 0 aromatic carbocycles. The molecular formula is C17H27N3S. The number of hydrogen-bond acceptors (Lipinski definition) is 4. The van der Waals surface area contributed by atoms with Crippen LogP contribution in [0.4, 0.5) is 0 Å². The van der Waals surface area contributed by atoms with Crippen molar-refractivity contribution in [3.8, 4) is 0 Å². The molecule has 2 aromatic rings. The van der Waals surface area contributed by atoms with Gasteiger partial charge in [-0.1, -0.05) is 27.7 Å². The second-order valence-corrected chi connectivity index (χ2v) is 8.06. The summed E-state index contributed by atoms with van der Waals surface area (Å²) < 4.78 is 0. The fraction of sp³-hybridized carbons (Fsp3) is 0.647. The van der Waals surface area contributed by atoms with Crippen LogP contribution in [0.3, 0.4) is 0 Å². The predicted molar refractivity (Wildman–Crippen MR) is 92.1 cm³/mol. The second-order valence-electron chi connectivity index (χ2n) is 6.86. The van der Waals surface area contributed by atoms with Crippen molar-refractivity contribution in [3.63, 3.8) is 0 Å². The average Bonchev–Trinajstić information content (AvgIpc) is 2.69. The zero-order chi connectivity index (χ0) is 15.6. The molecule has 0 bridgehead atoms. The number of rotatable bonds is 5. The lowest BCUT2D eigenvalue weighted by atomic mass is 9.83. The standard InChI is InChI=1S/C17H27N3S/c1-7-8-18-14(17(4,5)6)9-13-15-11(2)12(3)21-16(15)20-10-19-13/h10,14,18H,7-9H2,1-6H3. The van der Waals surface area contributed by atoms with Gasteiger partial charge in [0.25, 0.3) is 0 Å². The predicted octanol–water partition coefficient (Wildman–Crippen LogP) is 4.26. The smallest absolute Gasteiger partial charge is 0.127 e. The summed E-state index contributed by atoms with van der Waals surface area (Å²) in [5, 5.41) is 4.96. The van der Waals surface area contributed by atoms with Gasteiger partial charge in [0, 0.05) is 22.7 Å². The Hall–Kier alpha value is -1.00. The van der Waals surface area contributed by atoms with Crippen molar-refractivity contribution in [2.24, 2.45) is 5.41 Å². The molecule has 2 aromatic heterocycles. The van der Waals surface area contributed by atoms with E-state index in [0.717, 1.165) is 24.2 Å². The Morgan fingerprint density at radius 1 is 1.24 bits per heavy atom. The molecule has 2 rings (SSSR count). The maximum Gasteiger partial charge on any atom is 0.127 e. The summed E-state index contributed by atoms with van der Waals surface area (Å²) in [5.41, 5.74) is 2.74. The van der Waals surface area contributed by atoms with Crippen LogP contribution in [0.25, 0.3) is 10.2 Å². The van der Waals surface area contributed by atoms with Crippen molar-refractivity contribution in [2.75, 3.05) is 6.54 Å². The van der Waals surface area contributed by atoms with E-state index in [0.29, 0.717) is 6.04 Å². The van der Waals surface area contributed by atoms with Crippen LogP contribution in [0.5, 0.6) is 0 Å². The highest BCUT2D eigenvalue weighted by Gasteiger charge is 2.26. The minimum atomic E-state index is 0.214. The third kappa shape index (κ3) is 3.61. The first-order chi connectivity index (χ1) is 9.84.